The van der Waals surface area contributed by atoms with Crippen LogP contribution in [0.25, 0.3) is 0 Å². The first kappa shape index (κ1) is 33.8. The van der Waals surface area contributed by atoms with Gasteiger partial charge in [-0.2, -0.15) is 0 Å². The molecule has 3 saturated heterocycles. The molecule has 7 atom stereocenters. The highest BCUT2D eigenvalue weighted by molar-refractivity contribution is 8.02. The molecule has 8 nitrogen and oxygen atoms in total. The molecule has 0 aliphatic carbocycles. The van der Waals surface area contributed by atoms with Gasteiger partial charge in [-0.25, -0.2) is 0 Å². The van der Waals surface area contributed by atoms with Gasteiger partial charge in [-0.15, -0.1) is 24.9 Å². The molecule has 2 aromatic carbocycles. The number of carbonyl (C=O) groups excluding carboxylic acids is 3. The molecule has 246 valence electrons. The molecule has 3 aliphatic heterocycles. The van der Waals surface area contributed by atoms with E-state index in [2.05, 4.69) is 13.2 Å². The highest BCUT2D eigenvalue weighted by Gasteiger charge is 2.74. The molecule has 3 amide bonds. The van der Waals surface area contributed by atoms with Gasteiger partial charge in [-0.3, -0.25) is 14.4 Å². The van der Waals surface area contributed by atoms with Crippen LogP contribution in [0.5, 0.6) is 5.75 Å². The fraction of sp³-hybridized carbons (Fsp3) is 0.486. The van der Waals surface area contributed by atoms with Crippen molar-refractivity contribution in [3.63, 3.8) is 0 Å². The zero-order valence-corrected chi connectivity index (χ0v) is 28.0. The van der Waals surface area contributed by atoms with Gasteiger partial charge in [-0.05, 0) is 55.5 Å². The molecule has 3 aliphatic rings. The first-order valence-electron chi connectivity index (χ1n) is 16.5. The second kappa shape index (κ2) is 14.5. The molecule has 3 heterocycles. The van der Waals surface area contributed by atoms with Crippen molar-refractivity contribution in [3.05, 3.63) is 85.5 Å². The van der Waals surface area contributed by atoms with Crippen LogP contribution >= 0.6 is 11.8 Å². The highest BCUT2D eigenvalue weighted by atomic mass is 32.2. The van der Waals surface area contributed by atoms with Gasteiger partial charge in [0.2, 0.25) is 17.7 Å². The number of thioether (sulfide) groups is 1. The Balaban J connectivity index is 1.56. The van der Waals surface area contributed by atoms with E-state index in [1.807, 2.05) is 75.4 Å². The Kier molecular flexibility index (Phi) is 10.6. The first-order chi connectivity index (χ1) is 22.3. The molecule has 2 unspecified atom stereocenters. The van der Waals surface area contributed by atoms with Crippen LogP contribution < -0.4 is 9.64 Å². The summed E-state index contributed by atoms with van der Waals surface area (Å²) in [6.07, 6.45) is 5.54. The number of anilines is 1. The number of amides is 3. The van der Waals surface area contributed by atoms with E-state index in [9.17, 15) is 19.5 Å². The lowest BCUT2D eigenvalue weighted by molar-refractivity contribution is -0.147. The van der Waals surface area contributed by atoms with Crippen molar-refractivity contribution >= 4 is 35.2 Å². The number of rotatable bonds is 15. The van der Waals surface area contributed by atoms with E-state index in [1.165, 1.54) is 0 Å². The van der Waals surface area contributed by atoms with Gasteiger partial charge in [0.05, 0.1) is 35.8 Å². The van der Waals surface area contributed by atoms with Crippen molar-refractivity contribution < 1.29 is 24.2 Å². The average molecular weight is 646 g/mol. The summed E-state index contributed by atoms with van der Waals surface area (Å²) in [7, 11) is 0. The van der Waals surface area contributed by atoms with Gasteiger partial charge in [-0.1, -0.05) is 62.8 Å². The van der Waals surface area contributed by atoms with Crippen LogP contribution in [-0.4, -0.2) is 81.0 Å². The lowest BCUT2D eigenvalue weighted by Gasteiger charge is -2.41. The van der Waals surface area contributed by atoms with Crippen LogP contribution in [0.15, 0.2) is 79.9 Å². The Morgan fingerprint density at radius 2 is 1.78 bits per heavy atom. The predicted octanol–water partition coefficient (Wildman–Crippen LogP) is 5.32. The van der Waals surface area contributed by atoms with Crippen LogP contribution in [-0.2, 0) is 20.9 Å². The van der Waals surface area contributed by atoms with Crippen molar-refractivity contribution in [1.29, 1.82) is 0 Å². The van der Waals surface area contributed by atoms with Gasteiger partial charge >= 0.3 is 0 Å². The molecule has 0 aromatic heterocycles. The summed E-state index contributed by atoms with van der Waals surface area (Å²) >= 11 is 1.65. The number of fused-ring (bicyclic) bond motifs is 1. The van der Waals surface area contributed by atoms with Crippen molar-refractivity contribution in [1.82, 2.24) is 9.80 Å². The molecule has 3 fully saturated rings. The monoisotopic (exact) mass is 645 g/mol. The van der Waals surface area contributed by atoms with Crippen molar-refractivity contribution in [2.75, 3.05) is 31.2 Å². The van der Waals surface area contributed by atoms with Gasteiger partial charge in [0, 0.05) is 30.6 Å². The quantitative estimate of drug-likeness (QED) is 0.264. The van der Waals surface area contributed by atoms with E-state index < -0.39 is 28.7 Å². The Bertz CT molecular complexity index is 1420. The fourth-order valence-corrected chi connectivity index (χ4v) is 9.90. The van der Waals surface area contributed by atoms with E-state index in [-0.39, 0.29) is 42.0 Å². The number of benzene rings is 2. The topological polar surface area (TPSA) is 90.4 Å². The minimum Gasteiger partial charge on any atom is -0.494 e. The third kappa shape index (κ3) is 5.99. The maximum absolute atomic E-state index is 14.8. The zero-order valence-electron chi connectivity index (χ0n) is 27.2. The Labute approximate surface area is 277 Å². The van der Waals surface area contributed by atoms with Crippen LogP contribution in [0, 0.1) is 17.8 Å². The Hall–Kier alpha value is -3.56. The zero-order chi connectivity index (χ0) is 33.0. The van der Waals surface area contributed by atoms with Gasteiger partial charge in [0.1, 0.15) is 11.8 Å². The highest BCUT2D eigenvalue weighted by Crippen LogP contribution is 2.67. The largest absolute Gasteiger partial charge is 0.494 e. The summed E-state index contributed by atoms with van der Waals surface area (Å²) in [6.45, 7) is 15.1. The first-order valence-corrected chi connectivity index (χ1v) is 17.3. The molecule has 2 bridgehead atoms. The van der Waals surface area contributed by atoms with E-state index in [4.69, 9.17) is 4.74 Å². The number of likely N-dealkylation sites (tertiary alicyclic amines) is 1. The van der Waals surface area contributed by atoms with Gasteiger partial charge < -0.3 is 24.5 Å². The summed E-state index contributed by atoms with van der Waals surface area (Å²) < 4.78 is 4.84. The summed E-state index contributed by atoms with van der Waals surface area (Å²) in [5, 5.41) is 10.6. The third-order valence-electron chi connectivity index (χ3n) is 10.0. The van der Waals surface area contributed by atoms with Crippen LogP contribution in [0.4, 0.5) is 5.69 Å². The van der Waals surface area contributed by atoms with E-state index in [0.29, 0.717) is 37.6 Å². The minimum absolute atomic E-state index is 0.0427. The van der Waals surface area contributed by atoms with E-state index >= 15 is 0 Å². The van der Waals surface area contributed by atoms with Gasteiger partial charge in [0.25, 0.3) is 0 Å². The Morgan fingerprint density at radius 1 is 1.09 bits per heavy atom. The molecule has 0 radical (unpaired) electrons. The molecule has 1 spiro atoms. The number of carbonyl (C=O) groups is 3. The summed E-state index contributed by atoms with van der Waals surface area (Å²) in [6, 6.07) is 15.9. The van der Waals surface area contributed by atoms with Crippen LogP contribution in [0.2, 0.25) is 0 Å². The standard InChI is InChI=1S/C37H47N3O5S/c1-6-21-38(23-26-13-11-10-12-14-26)36(44)33-37-20-19-30(46-37)31(32(37)35(43)40(33)29(24-41)25(5)8-3)34(42)39(22-7-2)27-15-17-28(18-16-27)45-9-4/h6-7,10-18,25,29-33,41H,1-2,8-9,19-24H2,3-5H3/t25-,29-,30+,31-,32-,33?,37?/m0/s1. The molecule has 46 heavy (non-hydrogen) atoms. The maximum Gasteiger partial charge on any atom is 0.247 e. The van der Waals surface area contributed by atoms with E-state index in [0.717, 1.165) is 18.4 Å². The molecule has 2 aromatic rings. The number of aliphatic hydroxyl groups is 1. The van der Waals surface area contributed by atoms with Crippen molar-refractivity contribution in [3.8, 4) is 5.75 Å². The number of ether oxygens (including phenoxy) is 1. The number of hydrogen-bond donors (Lipinski definition) is 1. The minimum atomic E-state index is -0.800. The van der Waals surface area contributed by atoms with Crippen LogP contribution in [0.1, 0.15) is 45.6 Å². The molecule has 0 saturated carbocycles. The second-order valence-electron chi connectivity index (χ2n) is 12.6. The SMILES string of the molecule is C=CCN(Cc1ccccc1)C(=O)C1N([C@@H](CO)[C@@H](C)CC)C(=O)[C@@H]2[C@@H](C(=O)N(CC=C)c3ccc(OCC)cc3)[C@H]3CCC12S3. The van der Waals surface area contributed by atoms with Crippen molar-refractivity contribution in [2.24, 2.45) is 17.8 Å². The summed E-state index contributed by atoms with van der Waals surface area (Å²) in [5.41, 5.74) is 1.69. The number of aliphatic hydroxyl groups excluding tert-OH is 1. The summed E-state index contributed by atoms with van der Waals surface area (Å²) in [5.74, 6) is -1.09. The third-order valence-corrected chi connectivity index (χ3v) is 12.0. The van der Waals surface area contributed by atoms with Gasteiger partial charge in [0.15, 0.2) is 0 Å². The van der Waals surface area contributed by atoms with Crippen LogP contribution in [0.3, 0.4) is 0 Å². The number of hydrogen-bond acceptors (Lipinski definition) is 6. The normalized spacial score (nSPS) is 25.9. The summed E-state index contributed by atoms with van der Waals surface area (Å²) in [4.78, 5) is 49.4. The second-order valence-corrected chi connectivity index (χ2v) is 14.2. The molecular formula is C37H47N3O5S. The van der Waals surface area contributed by atoms with Crippen molar-refractivity contribution in [2.45, 2.75) is 68.7 Å². The molecular weight excluding hydrogens is 598 g/mol. The maximum atomic E-state index is 14.8. The Morgan fingerprint density at radius 3 is 2.39 bits per heavy atom. The molecule has 1 N–H and O–H groups in total. The average Bonchev–Trinajstić information content (AvgIpc) is 3.72. The fourth-order valence-electron chi connectivity index (χ4n) is 7.71. The lowest BCUT2D eigenvalue weighted by Crippen LogP contribution is -2.58. The molecule has 5 rings (SSSR count). The lowest BCUT2D eigenvalue weighted by atomic mass is 9.70. The predicted molar refractivity (Wildman–Crippen MR) is 184 cm³/mol. The smallest absolute Gasteiger partial charge is 0.247 e. The molecule has 9 heteroatoms. The number of nitrogens with zero attached hydrogens (tertiary/aromatic N) is 3. The van der Waals surface area contributed by atoms with E-state index in [1.54, 1.807) is 38.6 Å².